The van der Waals surface area contributed by atoms with Crippen LogP contribution in [0.1, 0.15) is 33.3 Å². The van der Waals surface area contributed by atoms with E-state index in [2.05, 4.69) is 10.3 Å². The van der Waals surface area contributed by atoms with Crippen molar-refractivity contribution in [3.63, 3.8) is 0 Å². The van der Waals surface area contributed by atoms with E-state index in [1.54, 1.807) is 17.5 Å². The predicted octanol–water partition coefficient (Wildman–Crippen LogP) is 2.71. The van der Waals surface area contributed by atoms with E-state index >= 15 is 0 Å². The molecule has 2 amide bonds. The van der Waals surface area contributed by atoms with E-state index in [0.717, 1.165) is 5.69 Å². The van der Waals surface area contributed by atoms with Crippen LogP contribution < -0.4 is 11.1 Å². The van der Waals surface area contributed by atoms with Gasteiger partial charge in [-0.3, -0.25) is 9.59 Å². The van der Waals surface area contributed by atoms with Crippen molar-refractivity contribution in [1.29, 1.82) is 0 Å². The van der Waals surface area contributed by atoms with Gasteiger partial charge in [-0.1, -0.05) is 18.5 Å². The molecule has 0 aromatic carbocycles. The molecule has 0 saturated heterocycles. The lowest BCUT2D eigenvalue weighted by molar-refractivity contribution is 0.100. The molecule has 2 heterocycles. The number of carbonyl (C=O) groups excluding carboxylic acids is 2. The maximum atomic E-state index is 12.2. The van der Waals surface area contributed by atoms with E-state index in [1.165, 1.54) is 17.4 Å². The van der Waals surface area contributed by atoms with Crippen molar-refractivity contribution >= 4 is 39.8 Å². The Morgan fingerprint density at radius 3 is 2.85 bits per heavy atom. The highest BCUT2D eigenvalue weighted by atomic mass is 35.5. The molecule has 0 aliphatic carbocycles. The molecule has 0 saturated carbocycles. The highest BCUT2D eigenvalue weighted by Crippen LogP contribution is 2.23. The van der Waals surface area contributed by atoms with Crippen molar-refractivity contribution in [2.75, 3.05) is 5.32 Å². The van der Waals surface area contributed by atoms with Gasteiger partial charge in [0, 0.05) is 11.3 Å². The van der Waals surface area contributed by atoms with E-state index in [1.807, 2.05) is 6.92 Å². The lowest BCUT2D eigenvalue weighted by Crippen LogP contribution is -2.16. The molecule has 0 unspecified atom stereocenters. The van der Waals surface area contributed by atoms with Gasteiger partial charge in [0.15, 0.2) is 0 Å². The first-order valence-electron chi connectivity index (χ1n) is 5.86. The molecule has 7 heteroatoms. The normalized spacial score (nSPS) is 10.3. The fourth-order valence-electron chi connectivity index (χ4n) is 1.64. The van der Waals surface area contributed by atoms with Gasteiger partial charge < -0.3 is 11.1 Å². The molecule has 0 bridgehead atoms. The number of carbonyl (C=O) groups is 2. The van der Waals surface area contributed by atoms with Gasteiger partial charge in [-0.15, -0.1) is 11.3 Å². The molecule has 20 heavy (non-hydrogen) atoms. The summed E-state index contributed by atoms with van der Waals surface area (Å²) in [7, 11) is 0. The molecule has 0 aliphatic rings. The minimum atomic E-state index is -0.580. The van der Waals surface area contributed by atoms with Gasteiger partial charge in [-0.05, 0) is 30.0 Å². The van der Waals surface area contributed by atoms with Crippen LogP contribution in [0.4, 0.5) is 5.00 Å². The first-order valence-corrected chi connectivity index (χ1v) is 7.12. The number of hydrogen-bond donors (Lipinski definition) is 2. The number of thiophene rings is 1. The minimum Gasteiger partial charge on any atom is -0.366 e. The highest BCUT2D eigenvalue weighted by Gasteiger charge is 2.14. The number of nitrogens with one attached hydrogen (secondary N) is 1. The largest absolute Gasteiger partial charge is 0.366 e. The number of rotatable bonds is 4. The lowest BCUT2D eigenvalue weighted by Gasteiger charge is -2.06. The Morgan fingerprint density at radius 1 is 1.45 bits per heavy atom. The summed E-state index contributed by atoms with van der Waals surface area (Å²) in [6.07, 6.45) is 0.673. The molecule has 104 valence electrons. The number of aryl methyl sites for hydroxylation is 1. The molecule has 2 aromatic heterocycles. The van der Waals surface area contributed by atoms with Gasteiger partial charge in [0.25, 0.3) is 11.8 Å². The summed E-state index contributed by atoms with van der Waals surface area (Å²) in [5.41, 5.74) is 6.64. The monoisotopic (exact) mass is 309 g/mol. The Bertz CT molecular complexity index is 669. The molecular formula is C13H12ClN3O2S. The zero-order valence-corrected chi connectivity index (χ0v) is 12.2. The molecule has 0 spiro atoms. The van der Waals surface area contributed by atoms with Crippen molar-refractivity contribution in [2.24, 2.45) is 5.73 Å². The molecule has 0 atom stereocenters. The quantitative estimate of drug-likeness (QED) is 0.851. The third-order valence-corrected chi connectivity index (χ3v) is 3.65. The maximum absolute atomic E-state index is 12.2. The van der Waals surface area contributed by atoms with Crippen LogP contribution in [0.5, 0.6) is 0 Å². The van der Waals surface area contributed by atoms with E-state index in [-0.39, 0.29) is 11.1 Å². The van der Waals surface area contributed by atoms with Gasteiger partial charge in [0.1, 0.15) is 10.2 Å². The Morgan fingerprint density at radius 2 is 2.20 bits per heavy atom. The number of aromatic nitrogens is 1. The Labute approximate surface area is 124 Å². The second kappa shape index (κ2) is 6.02. The summed E-state index contributed by atoms with van der Waals surface area (Å²) >= 11 is 7.11. The summed E-state index contributed by atoms with van der Waals surface area (Å²) in [5, 5.41) is 5.03. The SMILES string of the molecule is CCc1cc(C(=O)Nc2sccc2C(N)=O)cc(Cl)n1. The number of nitrogens with zero attached hydrogens (tertiary/aromatic N) is 1. The fraction of sp³-hybridized carbons (Fsp3) is 0.154. The topological polar surface area (TPSA) is 85.1 Å². The lowest BCUT2D eigenvalue weighted by atomic mass is 10.2. The second-order valence-corrected chi connectivity index (χ2v) is 5.31. The van der Waals surface area contributed by atoms with Gasteiger partial charge in [-0.25, -0.2) is 4.98 Å². The van der Waals surface area contributed by atoms with Crippen molar-refractivity contribution in [2.45, 2.75) is 13.3 Å². The van der Waals surface area contributed by atoms with Gasteiger partial charge in [0.05, 0.1) is 5.56 Å². The number of primary amides is 1. The number of pyridine rings is 1. The molecule has 2 rings (SSSR count). The van der Waals surface area contributed by atoms with E-state index < -0.39 is 5.91 Å². The molecule has 2 aromatic rings. The fourth-order valence-corrected chi connectivity index (χ4v) is 2.65. The number of anilines is 1. The van der Waals surface area contributed by atoms with Gasteiger partial charge in [-0.2, -0.15) is 0 Å². The van der Waals surface area contributed by atoms with Crippen LogP contribution in [0, 0.1) is 0 Å². The third kappa shape index (κ3) is 3.15. The predicted molar refractivity (Wildman–Crippen MR) is 79.4 cm³/mol. The van der Waals surface area contributed by atoms with Crippen molar-refractivity contribution in [3.05, 3.63) is 45.6 Å². The number of amides is 2. The van der Waals surface area contributed by atoms with Crippen LogP contribution in [0.25, 0.3) is 0 Å². The maximum Gasteiger partial charge on any atom is 0.256 e. The number of nitrogens with two attached hydrogens (primary N) is 1. The van der Waals surface area contributed by atoms with Crippen molar-refractivity contribution in [1.82, 2.24) is 4.98 Å². The molecule has 0 fully saturated rings. The summed E-state index contributed by atoms with van der Waals surface area (Å²) in [4.78, 5) is 27.5. The molecule has 0 aliphatic heterocycles. The van der Waals surface area contributed by atoms with E-state index in [0.29, 0.717) is 22.5 Å². The highest BCUT2D eigenvalue weighted by molar-refractivity contribution is 7.14. The second-order valence-electron chi connectivity index (χ2n) is 4.01. The summed E-state index contributed by atoms with van der Waals surface area (Å²) < 4.78 is 0. The van der Waals surface area contributed by atoms with Crippen molar-refractivity contribution in [3.8, 4) is 0 Å². The average Bonchev–Trinajstić information content (AvgIpc) is 2.86. The van der Waals surface area contributed by atoms with Crippen molar-refractivity contribution < 1.29 is 9.59 Å². The van der Waals surface area contributed by atoms with E-state index in [4.69, 9.17) is 17.3 Å². The third-order valence-electron chi connectivity index (χ3n) is 2.63. The summed E-state index contributed by atoms with van der Waals surface area (Å²) in [6.45, 7) is 1.92. The van der Waals surface area contributed by atoms with E-state index in [9.17, 15) is 9.59 Å². The van der Waals surface area contributed by atoms with Crippen LogP contribution in [0.3, 0.4) is 0 Å². The zero-order valence-electron chi connectivity index (χ0n) is 10.6. The Balaban J connectivity index is 2.26. The van der Waals surface area contributed by atoms with Crippen LogP contribution >= 0.6 is 22.9 Å². The van der Waals surface area contributed by atoms with Gasteiger partial charge >= 0.3 is 0 Å². The standard InChI is InChI=1S/C13H12ClN3O2S/c1-2-8-5-7(6-10(14)16-8)12(19)17-13-9(11(15)18)3-4-20-13/h3-6H,2H2,1H3,(H2,15,18)(H,17,19). The van der Waals surface area contributed by atoms with Gasteiger partial charge in [0.2, 0.25) is 0 Å². The average molecular weight is 310 g/mol. The minimum absolute atomic E-state index is 0.260. The molecule has 5 nitrogen and oxygen atoms in total. The van der Waals surface area contributed by atoms with Crippen LogP contribution in [-0.4, -0.2) is 16.8 Å². The molecule has 3 N–H and O–H groups in total. The number of hydrogen-bond acceptors (Lipinski definition) is 4. The molecule has 0 radical (unpaired) electrons. The van der Waals surface area contributed by atoms with Crippen LogP contribution in [-0.2, 0) is 6.42 Å². The smallest absolute Gasteiger partial charge is 0.256 e. The number of halogens is 1. The Kier molecular flexibility index (Phi) is 4.36. The van der Waals surface area contributed by atoms with Crippen LogP contribution in [0.15, 0.2) is 23.6 Å². The molecular weight excluding hydrogens is 298 g/mol. The first-order chi connectivity index (χ1) is 9.51. The first kappa shape index (κ1) is 14.5. The van der Waals surface area contributed by atoms with Crippen LogP contribution in [0.2, 0.25) is 5.15 Å². The zero-order chi connectivity index (χ0) is 14.7. The summed E-state index contributed by atoms with van der Waals surface area (Å²) in [6, 6.07) is 4.71. The Hall–Kier alpha value is -1.92. The summed E-state index contributed by atoms with van der Waals surface area (Å²) in [5.74, 6) is -0.933.